The van der Waals surface area contributed by atoms with E-state index in [1.807, 2.05) is 0 Å². The number of carbonyl (C=O) groups is 3. The van der Waals surface area contributed by atoms with E-state index in [9.17, 15) is 22.8 Å². The molecule has 0 aromatic rings. The monoisotopic (exact) mass is 305 g/mol. The number of rotatable bonds is 8. The lowest BCUT2D eigenvalue weighted by Crippen LogP contribution is -2.50. The van der Waals surface area contributed by atoms with Crippen molar-refractivity contribution in [1.82, 2.24) is 10.6 Å². The van der Waals surface area contributed by atoms with Crippen molar-refractivity contribution in [2.75, 3.05) is 18.6 Å². The van der Waals surface area contributed by atoms with Gasteiger partial charge in [0, 0.05) is 12.7 Å². The number of amides is 2. The van der Waals surface area contributed by atoms with Gasteiger partial charge in [0.15, 0.2) is 0 Å². The molecule has 0 spiro atoms. The number of sulfone groups is 1. The van der Waals surface area contributed by atoms with E-state index in [0.717, 1.165) is 6.26 Å². The van der Waals surface area contributed by atoms with Gasteiger partial charge in [0.2, 0.25) is 11.8 Å². The Labute approximate surface area is 115 Å². The molecule has 0 aromatic heterocycles. The van der Waals surface area contributed by atoms with Gasteiger partial charge >= 0.3 is 5.97 Å². The number of nitrogens with one attached hydrogen (secondary N) is 2. The van der Waals surface area contributed by atoms with Crippen LogP contribution in [0.15, 0.2) is 0 Å². The van der Waals surface area contributed by atoms with Crippen molar-refractivity contribution in [3.05, 3.63) is 0 Å². The van der Waals surface area contributed by atoms with Crippen molar-refractivity contribution >= 4 is 27.6 Å². The predicted octanol–water partition coefficient (Wildman–Crippen LogP) is -1.98. The molecule has 0 bridgehead atoms. The molecule has 0 saturated heterocycles. The summed E-state index contributed by atoms with van der Waals surface area (Å²) in [6, 6.07) is 0.276. The Balaban J connectivity index is 4.69. The first-order chi connectivity index (χ1) is 9.15. The van der Waals surface area contributed by atoms with Crippen molar-refractivity contribution < 1.29 is 27.9 Å². The molecule has 3 N–H and O–H groups in total. The maximum absolute atomic E-state index is 11.6. The van der Waals surface area contributed by atoms with Crippen molar-refractivity contribution in [1.29, 1.82) is 5.26 Å². The maximum atomic E-state index is 11.6. The molecule has 0 rings (SSSR count). The van der Waals surface area contributed by atoms with Crippen LogP contribution in [0.4, 0.5) is 0 Å². The van der Waals surface area contributed by atoms with Gasteiger partial charge in [-0.2, -0.15) is 5.26 Å². The predicted molar refractivity (Wildman–Crippen MR) is 67.1 cm³/mol. The molecule has 1 unspecified atom stereocenters. The second-order valence-electron chi connectivity index (χ2n) is 3.98. The average Bonchev–Trinajstić information content (AvgIpc) is 2.30. The summed E-state index contributed by atoms with van der Waals surface area (Å²) in [4.78, 5) is 33.3. The van der Waals surface area contributed by atoms with E-state index < -0.39 is 45.8 Å². The zero-order valence-corrected chi connectivity index (χ0v) is 11.6. The fraction of sp³-hybridized carbons (Fsp3) is 0.600. The number of carboxylic acid groups (broad SMARTS) is 1. The van der Waals surface area contributed by atoms with Gasteiger partial charge in [0.25, 0.3) is 0 Å². The van der Waals surface area contributed by atoms with Gasteiger partial charge in [-0.3, -0.25) is 14.4 Å². The summed E-state index contributed by atoms with van der Waals surface area (Å²) in [5.74, 6) is -3.40. The molecule has 0 saturated carbocycles. The van der Waals surface area contributed by atoms with E-state index in [-0.39, 0.29) is 13.0 Å². The number of aliphatic carboxylic acids is 1. The largest absolute Gasteiger partial charge is 0.481 e. The van der Waals surface area contributed by atoms with E-state index in [0.29, 0.717) is 0 Å². The summed E-state index contributed by atoms with van der Waals surface area (Å²) < 4.78 is 22.4. The number of hydrogen-bond donors (Lipinski definition) is 3. The zero-order valence-electron chi connectivity index (χ0n) is 10.7. The van der Waals surface area contributed by atoms with Crippen LogP contribution in [0.3, 0.4) is 0 Å². The van der Waals surface area contributed by atoms with Crippen molar-refractivity contribution in [2.24, 2.45) is 0 Å². The molecule has 0 aromatic carbocycles. The van der Waals surface area contributed by atoms with Crippen LogP contribution in [0.2, 0.25) is 0 Å². The minimum Gasteiger partial charge on any atom is -0.481 e. The first kappa shape index (κ1) is 17.8. The molecule has 0 aliphatic heterocycles. The number of hydrogen-bond acceptors (Lipinski definition) is 6. The lowest BCUT2D eigenvalue weighted by molar-refractivity contribution is -0.139. The van der Waals surface area contributed by atoms with Gasteiger partial charge in [0.1, 0.15) is 22.4 Å². The summed E-state index contributed by atoms with van der Waals surface area (Å²) in [6.45, 7) is -0.329. The molecular formula is C10H15N3O6S. The zero-order chi connectivity index (χ0) is 15.8. The second-order valence-corrected chi connectivity index (χ2v) is 6.17. The van der Waals surface area contributed by atoms with Gasteiger partial charge in [-0.1, -0.05) is 0 Å². The lowest BCUT2D eigenvalue weighted by atomic mass is 10.2. The van der Waals surface area contributed by atoms with Crippen LogP contribution in [-0.2, 0) is 24.2 Å². The normalized spacial score (nSPS) is 12.0. The SMILES string of the molecule is CS(=O)(=O)CC(NC(=O)CCC(=O)O)C(=O)NCC#N. The van der Waals surface area contributed by atoms with Crippen LogP contribution < -0.4 is 10.6 Å². The van der Waals surface area contributed by atoms with E-state index >= 15 is 0 Å². The van der Waals surface area contributed by atoms with Gasteiger partial charge in [0.05, 0.1) is 18.2 Å². The Morgan fingerprint density at radius 2 is 1.90 bits per heavy atom. The first-order valence-electron chi connectivity index (χ1n) is 5.49. The summed E-state index contributed by atoms with van der Waals surface area (Å²) in [5, 5.41) is 21.0. The van der Waals surface area contributed by atoms with Gasteiger partial charge in [-0.15, -0.1) is 0 Å². The fourth-order valence-corrected chi connectivity index (χ4v) is 2.06. The van der Waals surface area contributed by atoms with E-state index in [1.165, 1.54) is 0 Å². The van der Waals surface area contributed by atoms with Crippen LogP contribution in [0, 0.1) is 11.3 Å². The Morgan fingerprint density at radius 3 is 2.35 bits per heavy atom. The smallest absolute Gasteiger partial charge is 0.303 e. The van der Waals surface area contributed by atoms with Crippen LogP contribution in [0.5, 0.6) is 0 Å². The first-order valence-corrected chi connectivity index (χ1v) is 7.55. The highest BCUT2D eigenvalue weighted by Crippen LogP contribution is 1.96. The summed E-state index contributed by atoms with van der Waals surface area (Å²) in [7, 11) is -3.55. The number of nitrogens with zero attached hydrogens (tertiary/aromatic N) is 1. The van der Waals surface area contributed by atoms with E-state index in [2.05, 4.69) is 10.6 Å². The van der Waals surface area contributed by atoms with Gasteiger partial charge in [-0.25, -0.2) is 8.42 Å². The van der Waals surface area contributed by atoms with Gasteiger partial charge in [-0.05, 0) is 0 Å². The molecule has 0 heterocycles. The van der Waals surface area contributed by atoms with Crippen LogP contribution >= 0.6 is 0 Å². The molecule has 2 amide bonds. The molecule has 10 heteroatoms. The molecule has 20 heavy (non-hydrogen) atoms. The highest BCUT2D eigenvalue weighted by Gasteiger charge is 2.24. The number of nitriles is 1. The molecule has 0 aliphatic carbocycles. The quantitative estimate of drug-likeness (QED) is 0.439. The van der Waals surface area contributed by atoms with E-state index in [1.54, 1.807) is 6.07 Å². The Kier molecular flexibility index (Phi) is 7.24. The average molecular weight is 305 g/mol. The van der Waals surface area contributed by atoms with Crippen molar-refractivity contribution in [3.8, 4) is 6.07 Å². The van der Waals surface area contributed by atoms with Crippen LogP contribution in [0.1, 0.15) is 12.8 Å². The maximum Gasteiger partial charge on any atom is 0.303 e. The fourth-order valence-electron chi connectivity index (χ4n) is 1.22. The molecule has 1 atom stereocenters. The molecule has 112 valence electrons. The molecule has 9 nitrogen and oxygen atoms in total. The molecule has 0 aliphatic rings. The van der Waals surface area contributed by atoms with Crippen LogP contribution in [-0.4, -0.2) is 55.9 Å². The number of carboxylic acids is 1. The van der Waals surface area contributed by atoms with Crippen molar-refractivity contribution in [3.63, 3.8) is 0 Å². The highest BCUT2D eigenvalue weighted by atomic mass is 32.2. The minimum atomic E-state index is -3.55. The summed E-state index contributed by atoms with van der Waals surface area (Å²) >= 11 is 0. The molecule has 0 radical (unpaired) electrons. The molecular weight excluding hydrogens is 290 g/mol. The Morgan fingerprint density at radius 1 is 1.30 bits per heavy atom. The van der Waals surface area contributed by atoms with Crippen molar-refractivity contribution in [2.45, 2.75) is 18.9 Å². The third-order valence-electron chi connectivity index (χ3n) is 2.03. The Hall–Kier alpha value is -2.15. The third-order valence-corrected chi connectivity index (χ3v) is 2.97. The molecule has 0 fully saturated rings. The minimum absolute atomic E-state index is 0.329. The summed E-state index contributed by atoms with van der Waals surface area (Å²) in [5.41, 5.74) is 0. The third kappa shape index (κ3) is 8.87. The number of carbonyl (C=O) groups excluding carboxylic acids is 2. The second kappa shape index (κ2) is 8.11. The Bertz CT molecular complexity index is 522. The van der Waals surface area contributed by atoms with Gasteiger partial charge < -0.3 is 15.7 Å². The standard InChI is InChI=1S/C10H15N3O6S/c1-20(18,19)6-7(10(17)12-5-4-11)13-8(14)2-3-9(15)16/h7H,2-3,5-6H2,1H3,(H,12,17)(H,13,14)(H,15,16). The van der Waals surface area contributed by atoms with E-state index in [4.69, 9.17) is 10.4 Å². The highest BCUT2D eigenvalue weighted by molar-refractivity contribution is 7.90. The lowest BCUT2D eigenvalue weighted by Gasteiger charge is -2.16. The van der Waals surface area contributed by atoms with Crippen LogP contribution in [0.25, 0.3) is 0 Å². The summed E-state index contributed by atoms with van der Waals surface area (Å²) in [6.07, 6.45) is 0.0827. The topological polar surface area (TPSA) is 153 Å².